The number of aliphatic hydroxyl groups excluding tert-OH is 1. The lowest BCUT2D eigenvalue weighted by atomic mass is 9.33. The Balaban J connectivity index is 1.29. The number of carboxylic acids is 1. The van der Waals surface area contributed by atoms with Crippen molar-refractivity contribution in [2.24, 2.45) is 56.2 Å². The van der Waals surface area contributed by atoms with Crippen molar-refractivity contribution in [2.75, 3.05) is 33.7 Å². The van der Waals surface area contributed by atoms with Gasteiger partial charge in [0.1, 0.15) is 6.10 Å². The predicted molar refractivity (Wildman–Crippen MR) is 227 cm³/mol. The first-order valence-corrected chi connectivity index (χ1v) is 22.3. The summed E-state index contributed by atoms with van der Waals surface area (Å²) in [7, 11) is 4.16. The SMILES string of the molecule is CC(C)C1=C2[C@H]3CC[C@@H]4[C@@]5(C)CC[C@H](OC(=O)CC(C)(C)C(=O)O)C(C)(C)[C@@H]5CC[C@@]4(C)[C@]3(C)CC[C@]2([C@H](O)CN(CCN(C)C)Cc2cccc(Cl)c2)CC1=O. The van der Waals surface area contributed by atoms with Gasteiger partial charge in [0.25, 0.3) is 0 Å². The molecule has 0 amide bonds. The molecule has 5 aliphatic carbocycles. The van der Waals surface area contributed by atoms with E-state index in [4.69, 9.17) is 16.3 Å². The summed E-state index contributed by atoms with van der Waals surface area (Å²) in [5, 5.41) is 23.1. The fourth-order valence-electron chi connectivity index (χ4n) is 13.8. The number of rotatable bonds is 13. The van der Waals surface area contributed by atoms with Crippen LogP contribution in [0.1, 0.15) is 132 Å². The molecule has 5 aliphatic rings. The number of hydrogen-bond donors (Lipinski definition) is 2. The largest absolute Gasteiger partial charge is 0.481 e. The number of esters is 1. The summed E-state index contributed by atoms with van der Waals surface area (Å²) in [6.45, 7) is 22.6. The van der Waals surface area contributed by atoms with Gasteiger partial charge < -0.3 is 19.8 Å². The predicted octanol–water partition coefficient (Wildman–Crippen LogP) is 9.46. The number of carboxylic acid groups (broad SMARTS) is 1. The third kappa shape index (κ3) is 7.58. The Hall–Kier alpha value is -2.26. The molecule has 0 saturated heterocycles. The number of Topliss-reactive ketones (excluding diaryl/α,β-unsaturated/α-hetero) is 1. The molecule has 0 bridgehead atoms. The molecule has 9 atom stereocenters. The molecule has 0 heterocycles. The number of hydrogen-bond acceptors (Lipinski definition) is 7. The Labute approximate surface area is 348 Å². The average Bonchev–Trinajstić information content (AvgIpc) is 3.42. The highest BCUT2D eigenvalue weighted by atomic mass is 35.5. The van der Waals surface area contributed by atoms with E-state index in [1.807, 2.05) is 18.2 Å². The van der Waals surface area contributed by atoms with Crippen LogP contribution < -0.4 is 0 Å². The number of allylic oxidation sites excluding steroid dienone is 1. The van der Waals surface area contributed by atoms with Crippen LogP contribution in [0, 0.1) is 56.2 Å². The van der Waals surface area contributed by atoms with Crippen molar-refractivity contribution in [3.63, 3.8) is 0 Å². The molecule has 8 nitrogen and oxygen atoms in total. The van der Waals surface area contributed by atoms with Crippen LogP contribution in [0.25, 0.3) is 0 Å². The van der Waals surface area contributed by atoms with Crippen LogP contribution in [0.4, 0.5) is 0 Å². The zero-order valence-electron chi connectivity index (χ0n) is 37.0. The molecule has 9 heteroatoms. The van der Waals surface area contributed by atoms with E-state index in [1.165, 1.54) is 5.57 Å². The van der Waals surface area contributed by atoms with E-state index in [0.29, 0.717) is 36.4 Å². The fourth-order valence-corrected chi connectivity index (χ4v) is 14.0. The number of ketones is 1. The van der Waals surface area contributed by atoms with E-state index >= 15 is 0 Å². The van der Waals surface area contributed by atoms with Gasteiger partial charge in [-0.25, -0.2) is 0 Å². The van der Waals surface area contributed by atoms with E-state index < -0.39 is 28.9 Å². The molecule has 2 N–H and O–H groups in total. The maximum Gasteiger partial charge on any atom is 0.309 e. The zero-order chi connectivity index (χ0) is 42.1. The number of carbonyl (C=O) groups excluding carboxylic acids is 2. The molecule has 0 unspecified atom stereocenters. The maximum atomic E-state index is 14.3. The van der Waals surface area contributed by atoms with E-state index in [9.17, 15) is 24.6 Å². The monoisotopic (exact) mass is 809 g/mol. The lowest BCUT2D eigenvalue weighted by molar-refractivity contribution is -0.235. The molecule has 4 fully saturated rings. The van der Waals surface area contributed by atoms with Crippen molar-refractivity contribution in [3.05, 3.63) is 46.0 Å². The van der Waals surface area contributed by atoms with E-state index in [0.717, 1.165) is 75.6 Å². The molecule has 57 heavy (non-hydrogen) atoms. The van der Waals surface area contributed by atoms with Crippen LogP contribution in [0.15, 0.2) is 35.4 Å². The molecular weight excluding hydrogens is 736 g/mol. The Morgan fingerprint density at radius 2 is 1.65 bits per heavy atom. The third-order valence-electron chi connectivity index (χ3n) is 17.1. The van der Waals surface area contributed by atoms with Crippen molar-refractivity contribution < 1.29 is 29.3 Å². The fraction of sp³-hybridized carbons (Fsp3) is 0.771. The quantitative estimate of drug-likeness (QED) is 0.190. The second kappa shape index (κ2) is 15.6. The van der Waals surface area contributed by atoms with Crippen molar-refractivity contribution in [1.82, 2.24) is 9.80 Å². The summed E-state index contributed by atoms with van der Waals surface area (Å²) in [5.41, 5.74) is 1.48. The Kier molecular flexibility index (Phi) is 12.2. The number of carbonyl (C=O) groups is 3. The highest BCUT2D eigenvalue weighted by Gasteiger charge is 2.71. The average molecular weight is 810 g/mol. The Bertz CT molecular complexity index is 1750. The summed E-state index contributed by atoms with van der Waals surface area (Å²) in [6.07, 6.45) is 7.11. The molecule has 0 aromatic heterocycles. The summed E-state index contributed by atoms with van der Waals surface area (Å²) < 4.78 is 6.20. The smallest absolute Gasteiger partial charge is 0.309 e. The minimum atomic E-state index is -1.17. The topological polar surface area (TPSA) is 107 Å². The van der Waals surface area contributed by atoms with Gasteiger partial charge in [-0.2, -0.15) is 0 Å². The maximum absolute atomic E-state index is 14.3. The molecule has 1 aromatic rings. The number of aliphatic carboxylic acids is 1. The number of halogens is 1. The second-order valence-electron chi connectivity index (χ2n) is 21.7. The molecular formula is C48H73ClN2O6. The number of fused-ring (bicyclic) bond motifs is 7. The number of aliphatic hydroxyl groups is 1. The number of ether oxygens (including phenoxy) is 1. The van der Waals surface area contributed by atoms with Gasteiger partial charge in [-0.05, 0) is 142 Å². The normalized spacial score (nSPS) is 35.5. The van der Waals surface area contributed by atoms with Crippen LogP contribution in [-0.2, 0) is 25.7 Å². The first-order chi connectivity index (χ1) is 26.4. The first-order valence-electron chi connectivity index (χ1n) is 21.9. The summed E-state index contributed by atoms with van der Waals surface area (Å²) in [4.78, 5) is 43.8. The lowest BCUT2D eigenvalue weighted by Crippen LogP contribution is -2.66. The van der Waals surface area contributed by atoms with Crippen LogP contribution in [-0.4, -0.2) is 83.7 Å². The minimum Gasteiger partial charge on any atom is -0.481 e. The molecule has 6 rings (SSSR count). The van der Waals surface area contributed by atoms with E-state index in [2.05, 4.69) is 78.4 Å². The van der Waals surface area contributed by atoms with Crippen molar-refractivity contribution in [1.29, 1.82) is 0 Å². The molecule has 1 aromatic carbocycles. The van der Waals surface area contributed by atoms with Crippen LogP contribution >= 0.6 is 11.6 Å². The summed E-state index contributed by atoms with van der Waals surface area (Å²) in [5.74, 6) is -0.00895. The van der Waals surface area contributed by atoms with Crippen molar-refractivity contribution >= 4 is 29.3 Å². The molecule has 0 aliphatic heterocycles. The Morgan fingerprint density at radius 1 is 0.947 bits per heavy atom. The van der Waals surface area contributed by atoms with Gasteiger partial charge in [-0.15, -0.1) is 0 Å². The van der Waals surface area contributed by atoms with Crippen LogP contribution in [0.5, 0.6) is 0 Å². The second-order valence-corrected chi connectivity index (χ2v) is 22.2. The van der Waals surface area contributed by atoms with Gasteiger partial charge in [-0.3, -0.25) is 19.3 Å². The minimum absolute atomic E-state index is 0.0333. The third-order valence-corrected chi connectivity index (χ3v) is 17.3. The highest BCUT2D eigenvalue weighted by Crippen LogP contribution is 2.77. The van der Waals surface area contributed by atoms with Gasteiger partial charge in [-0.1, -0.05) is 77.8 Å². The van der Waals surface area contributed by atoms with Crippen LogP contribution in [0.2, 0.25) is 5.02 Å². The lowest BCUT2D eigenvalue weighted by Gasteiger charge is -2.72. The highest BCUT2D eigenvalue weighted by molar-refractivity contribution is 6.30. The zero-order valence-corrected chi connectivity index (χ0v) is 37.7. The number of likely N-dealkylation sites (N-methyl/N-ethyl adjacent to an activating group) is 1. The van der Waals surface area contributed by atoms with Gasteiger partial charge in [0.15, 0.2) is 5.78 Å². The van der Waals surface area contributed by atoms with Crippen molar-refractivity contribution in [3.8, 4) is 0 Å². The summed E-state index contributed by atoms with van der Waals surface area (Å²) >= 11 is 6.41. The van der Waals surface area contributed by atoms with Crippen LogP contribution in [0.3, 0.4) is 0 Å². The van der Waals surface area contributed by atoms with Gasteiger partial charge in [0, 0.05) is 48.5 Å². The molecule has 0 spiro atoms. The van der Waals surface area contributed by atoms with E-state index in [-0.39, 0.29) is 51.8 Å². The van der Waals surface area contributed by atoms with Gasteiger partial charge in [0.05, 0.1) is 17.9 Å². The molecule has 318 valence electrons. The van der Waals surface area contributed by atoms with E-state index in [1.54, 1.807) is 13.8 Å². The molecule has 0 radical (unpaired) electrons. The Morgan fingerprint density at radius 3 is 2.28 bits per heavy atom. The number of nitrogens with zero attached hydrogens (tertiary/aromatic N) is 2. The summed E-state index contributed by atoms with van der Waals surface area (Å²) in [6, 6.07) is 8.00. The molecule has 4 saturated carbocycles. The van der Waals surface area contributed by atoms with Gasteiger partial charge >= 0.3 is 11.9 Å². The standard InChI is InChI=1S/C48H73ClN2O6/c1-30(2)40-34(52)26-48(37(53)29-51(24-23-50(10)11)28-31-13-12-14-32(49)25-31)22-21-46(8)33(41(40)48)15-16-36-45(7)19-18-38(57-39(54)27-43(3,4)42(55)56)44(5,6)35(45)17-20-47(36,46)9/h12-14,25,30,33,35-38,53H,15-24,26-29H2,1-11H3,(H,55,56)/t33-,35+,36-,37-,38+,45+,46-,47-,48-/m1/s1. The van der Waals surface area contributed by atoms with Gasteiger partial charge in [0.2, 0.25) is 0 Å². The first kappa shape index (κ1) is 44.3. The number of benzene rings is 1. The van der Waals surface area contributed by atoms with Crippen molar-refractivity contribution in [2.45, 2.75) is 145 Å².